The molecule has 8 atom stereocenters. The van der Waals surface area contributed by atoms with Crippen molar-refractivity contribution >= 4 is 28.6 Å². The third-order valence-corrected chi connectivity index (χ3v) is 19.2. The first-order valence-corrected chi connectivity index (χ1v) is 20.1. The summed E-state index contributed by atoms with van der Waals surface area (Å²) in [7, 11) is -3.70. The first-order valence-electron chi connectivity index (χ1n) is 14.3. The molecule has 40 heavy (non-hydrogen) atoms. The molecule has 2 heterocycles. The molecule has 2 aliphatic carbocycles. The van der Waals surface area contributed by atoms with Gasteiger partial charge in [0.25, 0.3) is 0 Å². The van der Waals surface area contributed by atoms with E-state index in [2.05, 4.69) is 67.7 Å². The number of aliphatic hydroxyl groups excluding tert-OH is 2. The third-order valence-electron chi connectivity index (χ3n) is 10.2. The van der Waals surface area contributed by atoms with E-state index < -0.39 is 22.7 Å². The van der Waals surface area contributed by atoms with Gasteiger partial charge in [-0.1, -0.05) is 56.4 Å². The fourth-order valence-corrected chi connectivity index (χ4v) is 8.06. The Morgan fingerprint density at radius 3 is 1.70 bits per heavy atom. The normalized spacial score (nSPS) is 33.6. The van der Waals surface area contributed by atoms with Crippen molar-refractivity contribution < 1.29 is 38.1 Å². The van der Waals surface area contributed by atoms with Crippen LogP contribution in [0.4, 0.5) is 0 Å². The molecule has 4 aliphatic rings. The third kappa shape index (κ3) is 7.98. The monoisotopic (exact) mass is 604 g/mol. The maximum atomic E-state index is 11.8. The minimum absolute atomic E-state index is 0. The molecule has 0 amide bonds. The van der Waals surface area contributed by atoms with Gasteiger partial charge in [-0.05, 0) is 36.3 Å². The molecule has 8 nitrogen and oxygen atoms in total. The largest absolute Gasteiger partial charge is 0.462 e. The number of carbonyl (C=O) groups is 2. The number of esters is 2. The van der Waals surface area contributed by atoms with E-state index >= 15 is 0 Å². The molecule has 10 heteroatoms. The Morgan fingerprint density at radius 2 is 1.25 bits per heavy atom. The van der Waals surface area contributed by atoms with E-state index in [1.54, 1.807) is 0 Å². The molecule has 0 unspecified atom stereocenters. The van der Waals surface area contributed by atoms with E-state index in [9.17, 15) is 14.7 Å². The first kappa shape index (κ1) is 37.2. The van der Waals surface area contributed by atoms with Gasteiger partial charge in [0.15, 0.2) is 16.6 Å². The van der Waals surface area contributed by atoms with Gasteiger partial charge in [0.1, 0.15) is 12.2 Å². The summed E-state index contributed by atoms with van der Waals surface area (Å²) in [5, 5.41) is 18.7. The molecular formula is C30H60O8Si2. The molecule has 4 rings (SSSR count). The predicted octanol–water partition coefficient (Wildman–Crippen LogP) is 5.91. The molecule has 0 bridgehead atoms. The van der Waals surface area contributed by atoms with Gasteiger partial charge in [-0.2, -0.15) is 0 Å². The van der Waals surface area contributed by atoms with Crippen LogP contribution in [0, 0.1) is 23.7 Å². The van der Waals surface area contributed by atoms with Gasteiger partial charge >= 0.3 is 11.9 Å². The van der Waals surface area contributed by atoms with Crippen LogP contribution in [0.1, 0.15) is 82.1 Å². The fourth-order valence-electron chi connectivity index (χ4n) is 5.63. The maximum absolute atomic E-state index is 11.8. The van der Waals surface area contributed by atoms with Gasteiger partial charge in [0, 0.05) is 49.7 Å². The standard InChI is InChI=1S/C20H40O4Si2.C8H12O4.2CH4/c1-19(2,3)25(7,8)22-13-15-14-11-18(21)23-16(14)12-17(15)24-26(9,10)20(4,5)6;9-3-5-4-1-8(11)12-7(4)2-6(5)10;;/h14-17H,11-13H2,1-10H3;4-7,9-10H,1-3H2;2*1H4/t14-,15-,16+,17-;4-,5-,6-,7+;;/m11../s1. The summed E-state index contributed by atoms with van der Waals surface area (Å²) >= 11 is 0. The summed E-state index contributed by atoms with van der Waals surface area (Å²) in [4.78, 5) is 22.7. The van der Waals surface area contributed by atoms with E-state index in [0.29, 0.717) is 25.9 Å². The Hall–Kier alpha value is -0.786. The Bertz CT molecular complexity index is 863. The summed E-state index contributed by atoms with van der Waals surface area (Å²) in [6, 6.07) is 0. The van der Waals surface area contributed by atoms with Crippen LogP contribution in [0.2, 0.25) is 36.3 Å². The van der Waals surface area contributed by atoms with Gasteiger partial charge < -0.3 is 28.5 Å². The van der Waals surface area contributed by atoms with Crippen molar-refractivity contribution in [2.24, 2.45) is 23.7 Å². The lowest BCUT2D eigenvalue weighted by Gasteiger charge is -2.41. The Balaban J connectivity index is 0.000000479. The Morgan fingerprint density at radius 1 is 0.800 bits per heavy atom. The highest BCUT2D eigenvalue weighted by molar-refractivity contribution is 6.74. The zero-order chi connectivity index (χ0) is 28.8. The van der Waals surface area contributed by atoms with Crippen LogP contribution >= 0.6 is 0 Å². The molecule has 0 aromatic rings. The van der Waals surface area contributed by atoms with Crippen LogP contribution in [0.25, 0.3) is 0 Å². The van der Waals surface area contributed by atoms with E-state index in [4.69, 9.17) is 23.4 Å². The Kier molecular flexibility index (Phi) is 12.3. The second-order valence-electron chi connectivity index (χ2n) is 14.8. The predicted molar refractivity (Wildman–Crippen MR) is 164 cm³/mol. The van der Waals surface area contributed by atoms with Crippen molar-refractivity contribution in [2.75, 3.05) is 13.2 Å². The van der Waals surface area contributed by atoms with E-state index in [1.807, 2.05) is 0 Å². The summed E-state index contributed by atoms with van der Waals surface area (Å²) in [5.41, 5.74) is 0. The van der Waals surface area contributed by atoms with Gasteiger partial charge in [0.05, 0.1) is 25.0 Å². The van der Waals surface area contributed by atoms with Crippen molar-refractivity contribution in [1.82, 2.24) is 0 Å². The molecule has 2 saturated heterocycles. The molecule has 236 valence electrons. The van der Waals surface area contributed by atoms with E-state index in [-0.39, 0.29) is 85.5 Å². The lowest BCUT2D eigenvalue weighted by atomic mass is 9.93. The quantitative estimate of drug-likeness (QED) is 0.284. The average molecular weight is 605 g/mol. The highest BCUT2D eigenvalue weighted by Gasteiger charge is 2.54. The molecule has 0 aromatic heterocycles. The lowest BCUT2D eigenvalue weighted by Crippen LogP contribution is -2.47. The minimum atomic E-state index is -1.87. The summed E-state index contributed by atoms with van der Waals surface area (Å²) in [5.74, 6) is 0.133. The number of aliphatic hydroxyl groups is 2. The number of hydrogen-bond acceptors (Lipinski definition) is 8. The van der Waals surface area contributed by atoms with Crippen LogP contribution in [0.3, 0.4) is 0 Å². The van der Waals surface area contributed by atoms with Gasteiger partial charge in [-0.15, -0.1) is 0 Å². The van der Waals surface area contributed by atoms with Gasteiger partial charge in [0.2, 0.25) is 0 Å². The molecule has 4 fully saturated rings. The zero-order valence-electron chi connectivity index (χ0n) is 25.2. The molecule has 0 spiro atoms. The van der Waals surface area contributed by atoms with Crippen molar-refractivity contribution in [3.05, 3.63) is 0 Å². The first-order chi connectivity index (χ1) is 17.3. The van der Waals surface area contributed by atoms with Crippen molar-refractivity contribution in [2.45, 2.75) is 143 Å². The number of fused-ring (bicyclic) bond motifs is 2. The van der Waals surface area contributed by atoms with Gasteiger partial charge in [-0.3, -0.25) is 9.59 Å². The van der Waals surface area contributed by atoms with Crippen LogP contribution in [0.15, 0.2) is 0 Å². The second kappa shape index (κ2) is 13.2. The zero-order valence-corrected chi connectivity index (χ0v) is 27.2. The highest BCUT2D eigenvalue weighted by Crippen LogP contribution is 2.48. The van der Waals surface area contributed by atoms with Crippen molar-refractivity contribution in [3.63, 3.8) is 0 Å². The van der Waals surface area contributed by atoms with Crippen LogP contribution in [-0.4, -0.2) is 76.4 Å². The number of hydrogen-bond donors (Lipinski definition) is 2. The fraction of sp³-hybridized carbons (Fsp3) is 0.933. The van der Waals surface area contributed by atoms with E-state index in [1.165, 1.54) is 0 Å². The van der Waals surface area contributed by atoms with Gasteiger partial charge in [-0.25, -0.2) is 0 Å². The molecular weight excluding hydrogens is 544 g/mol. The van der Waals surface area contributed by atoms with E-state index in [0.717, 1.165) is 6.42 Å². The number of ether oxygens (including phenoxy) is 2. The topological polar surface area (TPSA) is 112 Å². The maximum Gasteiger partial charge on any atom is 0.306 e. The number of rotatable bonds is 6. The summed E-state index contributed by atoms with van der Waals surface area (Å²) in [6.45, 7) is 23.4. The second-order valence-corrected chi connectivity index (χ2v) is 24.4. The minimum Gasteiger partial charge on any atom is -0.462 e. The molecule has 2 aliphatic heterocycles. The molecule has 0 radical (unpaired) electrons. The summed E-state index contributed by atoms with van der Waals surface area (Å²) < 4.78 is 23.9. The lowest BCUT2D eigenvalue weighted by molar-refractivity contribution is -0.142. The molecule has 2 N–H and O–H groups in total. The molecule has 0 aromatic carbocycles. The number of carbonyl (C=O) groups excluding carboxylic acids is 2. The average Bonchev–Trinajstić information content (AvgIpc) is 3.43. The van der Waals surface area contributed by atoms with Crippen LogP contribution < -0.4 is 0 Å². The summed E-state index contributed by atoms with van der Waals surface area (Å²) in [6.07, 6.45) is 1.70. The smallest absolute Gasteiger partial charge is 0.306 e. The highest BCUT2D eigenvalue weighted by atomic mass is 28.4. The van der Waals surface area contributed by atoms with Crippen molar-refractivity contribution in [1.29, 1.82) is 0 Å². The van der Waals surface area contributed by atoms with Crippen LogP contribution in [0.5, 0.6) is 0 Å². The van der Waals surface area contributed by atoms with Crippen molar-refractivity contribution in [3.8, 4) is 0 Å². The van der Waals surface area contributed by atoms with Crippen LogP contribution in [-0.2, 0) is 27.9 Å². The Labute approximate surface area is 246 Å². The molecule has 2 saturated carbocycles. The SMILES string of the molecule is C.C.CC(C)(C)[Si](C)(C)OC[C@@H]1[C@H]2CC(=O)O[C@H]2C[C@H]1O[Si](C)(C)C(C)(C)C.O=C1C[C@@H]2[C@@H](CO)[C@H](O)C[C@@H]2O1.